The maximum Gasteiger partial charge on any atom is 0.337 e. The molecule has 2 aromatic carbocycles. The van der Waals surface area contributed by atoms with E-state index in [1.54, 1.807) is 24.3 Å². The molecule has 0 aliphatic heterocycles. The topological polar surface area (TPSA) is 67.4 Å². The maximum absolute atomic E-state index is 11.8. The Kier molecular flexibility index (Phi) is 5.68. The molecule has 0 radical (unpaired) electrons. The van der Waals surface area contributed by atoms with Gasteiger partial charge < -0.3 is 15.4 Å². The van der Waals surface area contributed by atoms with Crippen molar-refractivity contribution in [2.45, 2.75) is 6.54 Å². The maximum atomic E-state index is 11.8. The Labute approximate surface area is 129 Å². The third-order valence-corrected chi connectivity index (χ3v) is 3.05. The Bertz CT molecular complexity index is 624. The van der Waals surface area contributed by atoms with Crippen LogP contribution < -0.4 is 10.6 Å². The number of anilines is 1. The zero-order valence-electron chi connectivity index (χ0n) is 12.3. The minimum Gasteiger partial charge on any atom is -0.465 e. The molecule has 22 heavy (non-hydrogen) atoms. The number of methoxy groups -OCH3 is 1. The second kappa shape index (κ2) is 7.95. The molecule has 0 heterocycles. The summed E-state index contributed by atoms with van der Waals surface area (Å²) in [7, 11) is 1.33. The molecule has 114 valence electrons. The molecule has 0 unspecified atom stereocenters. The summed E-state index contributed by atoms with van der Waals surface area (Å²) in [5.74, 6) is -0.538. The molecule has 0 aromatic heterocycles. The van der Waals surface area contributed by atoms with Crippen molar-refractivity contribution in [1.29, 1.82) is 0 Å². The van der Waals surface area contributed by atoms with Crippen LogP contribution in [0.4, 0.5) is 5.69 Å². The molecule has 0 fully saturated rings. The number of ether oxygens (including phenoxy) is 1. The number of benzene rings is 2. The van der Waals surface area contributed by atoms with E-state index in [1.807, 2.05) is 30.3 Å². The largest absolute Gasteiger partial charge is 0.465 e. The Morgan fingerprint density at radius 1 is 1.00 bits per heavy atom. The van der Waals surface area contributed by atoms with Crippen molar-refractivity contribution in [2.24, 2.45) is 0 Å². The summed E-state index contributed by atoms with van der Waals surface area (Å²) in [4.78, 5) is 23.1. The number of amides is 1. The van der Waals surface area contributed by atoms with E-state index < -0.39 is 5.97 Å². The summed E-state index contributed by atoms with van der Waals surface area (Å²) in [5, 5.41) is 5.83. The standard InChI is InChI=1S/C17H18N2O3/c1-22-17(21)14-7-9-15(10-8-14)19-16(20)12-18-11-13-5-3-2-4-6-13/h2-10,18H,11-12H2,1H3,(H,19,20). The Balaban J connectivity index is 1.78. The molecule has 2 aromatic rings. The number of carbonyl (C=O) groups excluding carboxylic acids is 2. The lowest BCUT2D eigenvalue weighted by Gasteiger charge is -2.07. The summed E-state index contributed by atoms with van der Waals surface area (Å²) in [5.41, 5.74) is 2.21. The van der Waals surface area contributed by atoms with Gasteiger partial charge in [0.1, 0.15) is 0 Å². The fraction of sp³-hybridized carbons (Fsp3) is 0.176. The first-order chi connectivity index (χ1) is 10.7. The van der Waals surface area contributed by atoms with Crippen molar-refractivity contribution >= 4 is 17.6 Å². The smallest absolute Gasteiger partial charge is 0.337 e. The molecule has 5 heteroatoms. The fourth-order valence-electron chi connectivity index (χ4n) is 1.93. The highest BCUT2D eigenvalue weighted by molar-refractivity contribution is 5.93. The lowest BCUT2D eigenvalue weighted by atomic mass is 10.2. The first-order valence-corrected chi connectivity index (χ1v) is 6.92. The molecular weight excluding hydrogens is 280 g/mol. The van der Waals surface area contributed by atoms with Gasteiger partial charge in [0, 0.05) is 12.2 Å². The van der Waals surface area contributed by atoms with Gasteiger partial charge in [-0.3, -0.25) is 4.79 Å². The minimum absolute atomic E-state index is 0.137. The average Bonchev–Trinajstić information content (AvgIpc) is 2.56. The zero-order chi connectivity index (χ0) is 15.8. The van der Waals surface area contributed by atoms with Crippen LogP contribution in [0.5, 0.6) is 0 Å². The van der Waals surface area contributed by atoms with E-state index in [2.05, 4.69) is 15.4 Å². The molecule has 0 saturated heterocycles. The average molecular weight is 298 g/mol. The van der Waals surface area contributed by atoms with E-state index in [0.29, 0.717) is 17.8 Å². The van der Waals surface area contributed by atoms with Gasteiger partial charge in [-0.15, -0.1) is 0 Å². The summed E-state index contributed by atoms with van der Waals surface area (Å²) < 4.78 is 4.62. The Morgan fingerprint density at radius 3 is 2.32 bits per heavy atom. The number of carbonyl (C=O) groups is 2. The van der Waals surface area contributed by atoms with Crippen molar-refractivity contribution in [1.82, 2.24) is 5.32 Å². The van der Waals surface area contributed by atoms with Gasteiger partial charge in [0.2, 0.25) is 5.91 Å². The van der Waals surface area contributed by atoms with Crippen LogP contribution in [-0.2, 0) is 16.1 Å². The summed E-state index contributed by atoms with van der Waals surface area (Å²) >= 11 is 0. The monoisotopic (exact) mass is 298 g/mol. The van der Waals surface area contributed by atoms with Crippen molar-refractivity contribution < 1.29 is 14.3 Å². The van der Waals surface area contributed by atoms with E-state index in [0.717, 1.165) is 5.56 Å². The van der Waals surface area contributed by atoms with Crippen LogP contribution in [0.2, 0.25) is 0 Å². The molecule has 0 atom stereocenters. The van der Waals surface area contributed by atoms with Crippen LogP contribution in [0.15, 0.2) is 54.6 Å². The summed E-state index contributed by atoms with van der Waals surface area (Å²) in [6, 6.07) is 16.4. The normalized spacial score (nSPS) is 10.0. The molecule has 0 spiro atoms. The van der Waals surface area contributed by atoms with Gasteiger partial charge in [-0.05, 0) is 29.8 Å². The van der Waals surface area contributed by atoms with E-state index in [9.17, 15) is 9.59 Å². The van der Waals surface area contributed by atoms with Gasteiger partial charge in [-0.2, -0.15) is 0 Å². The third kappa shape index (κ3) is 4.71. The van der Waals surface area contributed by atoms with E-state index in [1.165, 1.54) is 7.11 Å². The van der Waals surface area contributed by atoms with Crippen LogP contribution in [0.25, 0.3) is 0 Å². The van der Waals surface area contributed by atoms with Gasteiger partial charge in [-0.25, -0.2) is 4.79 Å². The molecule has 0 saturated carbocycles. The first-order valence-electron chi connectivity index (χ1n) is 6.92. The molecule has 1 amide bonds. The first kappa shape index (κ1) is 15.7. The van der Waals surface area contributed by atoms with Gasteiger partial charge in [0.25, 0.3) is 0 Å². The lowest BCUT2D eigenvalue weighted by Crippen LogP contribution is -2.27. The van der Waals surface area contributed by atoms with Crippen LogP contribution in [-0.4, -0.2) is 25.5 Å². The third-order valence-electron chi connectivity index (χ3n) is 3.05. The van der Waals surface area contributed by atoms with E-state index in [-0.39, 0.29) is 12.5 Å². The van der Waals surface area contributed by atoms with Crippen molar-refractivity contribution in [2.75, 3.05) is 19.0 Å². The molecular formula is C17H18N2O3. The molecule has 0 bridgehead atoms. The fourth-order valence-corrected chi connectivity index (χ4v) is 1.93. The van der Waals surface area contributed by atoms with E-state index in [4.69, 9.17) is 0 Å². The SMILES string of the molecule is COC(=O)c1ccc(NC(=O)CNCc2ccccc2)cc1. The van der Waals surface area contributed by atoms with Gasteiger partial charge in [0.15, 0.2) is 0 Å². The second-order valence-electron chi connectivity index (χ2n) is 4.71. The van der Waals surface area contributed by atoms with Gasteiger partial charge >= 0.3 is 5.97 Å². The molecule has 5 nitrogen and oxygen atoms in total. The predicted molar refractivity (Wildman–Crippen MR) is 84.6 cm³/mol. The van der Waals surface area contributed by atoms with Crippen molar-refractivity contribution in [3.63, 3.8) is 0 Å². The zero-order valence-corrected chi connectivity index (χ0v) is 12.3. The highest BCUT2D eigenvalue weighted by Gasteiger charge is 2.06. The lowest BCUT2D eigenvalue weighted by molar-refractivity contribution is -0.115. The number of hydrogen-bond donors (Lipinski definition) is 2. The molecule has 2 rings (SSSR count). The Morgan fingerprint density at radius 2 is 1.68 bits per heavy atom. The predicted octanol–water partition coefficient (Wildman–Crippen LogP) is 2.20. The number of esters is 1. The van der Waals surface area contributed by atoms with Crippen LogP contribution in [0.3, 0.4) is 0 Å². The van der Waals surface area contributed by atoms with Gasteiger partial charge in [0.05, 0.1) is 19.2 Å². The number of nitrogens with one attached hydrogen (secondary N) is 2. The number of rotatable bonds is 6. The number of hydrogen-bond acceptors (Lipinski definition) is 4. The van der Waals surface area contributed by atoms with Gasteiger partial charge in [-0.1, -0.05) is 30.3 Å². The highest BCUT2D eigenvalue weighted by Crippen LogP contribution is 2.10. The van der Waals surface area contributed by atoms with E-state index >= 15 is 0 Å². The highest BCUT2D eigenvalue weighted by atomic mass is 16.5. The van der Waals surface area contributed by atoms with Crippen LogP contribution >= 0.6 is 0 Å². The van der Waals surface area contributed by atoms with Crippen LogP contribution in [0.1, 0.15) is 15.9 Å². The quantitative estimate of drug-likeness (QED) is 0.802. The van der Waals surface area contributed by atoms with Crippen molar-refractivity contribution in [3.8, 4) is 0 Å². The second-order valence-corrected chi connectivity index (χ2v) is 4.71. The van der Waals surface area contributed by atoms with Crippen molar-refractivity contribution in [3.05, 3.63) is 65.7 Å². The minimum atomic E-state index is -0.401. The molecule has 0 aliphatic rings. The van der Waals surface area contributed by atoms with Crippen LogP contribution in [0, 0.1) is 0 Å². The summed E-state index contributed by atoms with van der Waals surface area (Å²) in [6.45, 7) is 0.850. The Hall–Kier alpha value is -2.66. The summed E-state index contributed by atoms with van der Waals surface area (Å²) in [6.07, 6.45) is 0. The molecule has 2 N–H and O–H groups in total. The molecule has 0 aliphatic carbocycles.